The summed E-state index contributed by atoms with van der Waals surface area (Å²) in [6.45, 7) is 1.61. The largest absolute Gasteiger partial charge is 0.388 e. The van der Waals surface area contributed by atoms with Gasteiger partial charge < -0.3 is 11.1 Å². The van der Waals surface area contributed by atoms with Crippen LogP contribution in [0.15, 0.2) is 53.5 Å². The summed E-state index contributed by atoms with van der Waals surface area (Å²) in [7, 11) is 0. The number of carbonyl (C=O) groups excluding carboxylic acids is 1. The fourth-order valence-electron chi connectivity index (χ4n) is 1.33. The Morgan fingerprint density at radius 1 is 1.26 bits per heavy atom. The maximum absolute atomic E-state index is 11.9. The summed E-state index contributed by atoms with van der Waals surface area (Å²) in [6.07, 6.45) is 1.34. The van der Waals surface area contributed by atoms with E-state index in [-0.39, 0.29) is 17.2 Å². The van der Waals surface area contributed by atoms with Crippen molar-refractivity contribution in [2.45, 2.75) is 6.92 Å². The fourth-order valence-corrected chi connectivity index (χ4v) is 1.33. The Balaban J connectivity index is 2.88. The molecule has 1 rings (SSSR count). The summed E-state index contributed by atoms with van der Waals surface area (Å²) in [5, 5.41) is 20.0. The molecule has 3 N–H and O–H groups in total. The Morgan fingerprint density at radius 2 is 1.89 bits per heavy atom. The number of nitrogens with one attached hydrogen (secondary N) is 1. The molecule has 94 valence electrons. The van der Waals surface area contributed by atoms with Gasteiger partial charge in [0.2, 0.25) is 0 Å². The topological polar surface area (TPSA) is 103 Å². The molecule has 0 aliphatic heterocycles. The third-order valence-corrected chi connectivity index (χ3v) is 2.23. The number of ketones is 1. The summed E-state index contributed by atoms with van der Waals surface area (Å²) in [6, 6.07) is 12.2. The molecular formula is C14H12N4O. The van der Waals surface area contributed by atoms with Gasteiger partial charge in [0.25, 0.3) is 0 Å². The van der Waals surface area contributed by atoms with Gasteiger partial charge in [0.15, 0.2) is 11.5 Å². The highest BCUT2D eigenvalue weighted by Gasteiger charge is 2.05. The molecule has 0 heterocycles. The molecule has 0 unspecified atom stereocenters. The van der Waals surface area contributed by atoms with Gasteiger partial charge in [0.05, 0.1) is 0 Å². The number of benzene rings is 1. The van der Waals surface area contributed by atoms with Crippen molar-refractivity contribution in [3.63, 3.8) is 0 Å². The predicted molar refractivity (Wildman–Crippen MR) is 70.1 cm³/mol. The van der Waals surface area contributed by atoms with Crippen LogP contribution in [0.25, 0.3) is 0 Å². The number of nitrogens with zero attached hydrogens (tertiary/aromatic N) is 2. The van der Waals surface area contributed by atoms with Crippen LogP contribution in [-0.2, 0) is 0 Å². The molecule has 0 fully saturated rings. The fraction of sp³-hybridized carbons (Fsp3) is 0.0714. The highest BCUT2D eigenvalue weighted by atomic mass is 16.1. The Bertz CT molecular complexity index is 615. The van der Waals surface area contributed by atoms with E-state index >= 15 is 0 Å². The lowest BCUT2D eigenvalue weighted by atomic mass is 10.1. The van der Waals surface area contributed by atoms with Crippen LogP contribution in [0.1, 0.15) is 17.3 Å². The second-order valence-electron chi connectivity index (χ2n) is 3.69. The highest BCUT2D eigenvalue weighted by molar-refractivity contribution is 6.04. The third kappa shape index (κ3) is 4.03. The van der Waals surface area contributed by atoms with E-state index in [9.17, 15) is 4.79 Å². The lowest BCUT2D eigenvalue weighted by molar-refractivity contribution is 0.104. The SMILES string of the molecule is CC(=CC(=O)c1ccccc1)NC(C#N)=C(N)C#N. The van der Waals surface area contributed by atoms with Crippen LogP contribution in [-0.4, -0.2) is 5.78 Å². The minimum absolute atomic E-state index is 0.0721. The molecular weight excluding hydrogens is 240 g/mol. The van der Waals surface area contributed by atoms with Crippen molar-refractivity contribution in [1.29, 1.82) is 10.5 Å². The number of carbonyl (C=O) groups is 1. The molecule has 0 saturated heterocycles. The van der Waals surface area contributed by atoms with E-state index in [1.165, 1.54) is 6.08 Å². The number of rotatable bonds is 4. The first kappa shape index (κ1) is 14.0. The van der Waals surface area contributed by atoms with Crippen LogP contribution in [0.3, 0.4) is 0 Å². The molecule has 5 heteroatoms. The number of hydrogen-bond acceptors (Lipinski definition) is 5. The molecule has 0 saturated carbocycles. The molecule has 1 aromatic carbocycles. The van der Waals surface area contributed by atoms with E-state index in [0.717, 1.165) is 0 Å². The molecule has 19 heavy (non-hydrogen) atoms. The number of nitriles is 2. The zero-order valence-electron chi connectivity index (χ0n) is 10.3. The molecule has 0 aromatic heterocycles. The Labute approximate surface area is 111 Å². The minimum atomic E-state index is -0.220. The van der Waals surface area contributed by atoms with Crippen molar-refractivity contribution in [3.05, 3.63) is 59.1 Å². The van der Waals surface area contributed by atoms with Gasteiger partial charge in [-0.05, 0) is 6.92 Å². The average molecular weight is 252 g/mol. The van der Waals surface area contributed by atoms with E-state index in [1.54, 1.807) is 43.3 Å². The van der Waals surface area contributed by atoms with Gasteiger partial charge in [-0.2, -0.15) is 10.5 Å². The monoisotopic (exact) mass is 252 g/mol. The number of nitrogens with two attached hydrogens (primary N) is 1. The van der Waals surface area contributed by atoms with Crippen molar-refractivity contribution in [3.8, 4) is 12.1 Å². The Hall–Kier alpha value is -3.05. The molecule has 0 aliphatic rings. The summed E-state index contributed by atoms with van der Waals surface area (Å²) < 4.78 is 0. The van der Waals surface area contributed by atoms with Crippen LogP contribution >= 0.6 is 0 Å². The quantitative estimate of drug-likeness (QED) is 0.481. The van der Waals surface area contributed by atoms with Gasteiger partial charge in [-0.1, -0.05) is 30.3 Å². The van der Waals surface area contributed by atoms with Crippen LogP contribution in [0.5, 0.6) is 0 Å². The van der Waals surface area contributed by atoms with Crippen LogP contribution in [0.2, 0.25) is 0 Å². The minimum Gasteiger partial charge on any atom is -0.388 e. The molecule has 0 spiro atoms. The molecule has 0 aliphatic carbocycles. The first-order chi connectivity index (χ1) is 9.08. The van der Waals surface area contributed by atoms with Crippen molar-refractivity contribution in [2.24, 2.45) is 5.73 Å². The van der Waals surface area contributed by atoms with Crippen LogP contribution < -0.4 is 11.1 Å². The zero-order valence-corrected chi connectivity index (χ0v) is 10.3. The van der Waals surface area contributed by atoms with Gasteiger partial charge in [0, 0.05) is 17.3 Å². The van der Waals surface area contributed by atoms with E-state index in [0.29, 0.717) is 11.3 Å². The normalized spacial score (nSPS) is 11.8. The van der Waals surface area contributed by atoms with Crippen molar-refractivity contribution < 1.29 is 4.79 Å². The van der Waals surface area contributed by atoms with Crippen LogP contribution in [0.4, 0.5) is 0 Å². The average Bonchev–Trinajstić information content (AvgIpc) is 2.44. The van der Waals surface area contributed by atoms with Crippen LogP contribution in [0, 0.1) is 22.7 Å². The van der Waals surface area contributed by atoms with E-state index in [4.69, 9.17) is 16.3 Å². The number of allylic oxidation sites excluding steroid dienone is 4. The van der Waals surface area contributed by atoms with Gasteiger partial charge in [0.1, 0.15) is 17.8 Å². The lowest BCUT2D eigenvalue weighted by Gasteiger charge is -2.04. The summed E-state index contributed by atoms with van der Waals surface area (Å²) in [4.78, 5) is 11.9. The molecule has 1 aromatic rings. The molecule has 5 nitrogen and oxygen atoms in total. The van der Waals surface area contributed by atoms with E-state index in [1.807, 2.05) is 6.07 Å². The molecule has 0 atom stereocenters. The van der Waals surface area contributed by atoms with Gasteiger partial charge in [-0.15, -0.1) is 0 Å². The van der Waals surface area contributed by atoms with Crippen molar-refractivity contribution in [2.75, 3.05) is 0 Å². The predicted octanol–water partition coefficient (Wildman–Crippen LogP) is 1.58. The van der Waals surface area contributed by atoms with Crippen molar-refractivity contribution in [1.82, 2.24) is 5.32 Å². The first-order valence-electron chi connectivity index (χ1n) is 5.43. The molecule has 0 bridgehead atoms. The summed E-state index contributed by atoms with van der Waals surface area (Å²) in [5.41, 5.74) is 6.02. The van der Waals surface area contributed by atoms with Gasteiger partial charge in [-0.25, -0.2) is 0 Å². The maximum Gasteiger partial charge on any atom is 0.187 e. The smallest absolute Gasteiger partial charge is 0.187 e. The van der Waals surface area contributed by atoms with Crippen molar-refractivity contribution >= 4 is 5.78 Å². The van der Waals surface area contributed by atoms with E-state index in [2.05, 4.69) is 5.32 Å². The standard InChI is InChI=1S/C14H12N4O/c1-10(18-13(9-16)12(17)8-15)7-14(19)11-5-3-2-4-6-11/h2-7,18H,17H2,1H3. The maximum atomic E-state index is 11.9. The van der Waals surface area contributed by atoms with Gasteiger partial charge in [-0.3, -0.25) is 4.79 Å². The second-order valence-corrected chi connectivity index (χ2v) is 3.69. The molecule has 0 radical (unpaired) electrons. The van der Waals surface area contributed by atoms with Gasteiger partial charge >= 0.3 is 0 Å². The summed E-state index contributed by atoms with van der Waals surface area (Å²) >= 11 is 0. The molecule has 0 amide bonds. The first-order valence-corrected chi connectivity index (χ1v) is 5.43. The Morgan fingerprint density at radius 3 is 2.42 bits per heavy atom. The summed E-state index contributed by atoms with van der Waals surface area (Å²) in [5.74, 6) is -0.196. The second kappa shape index (κ2) is 6.63. The third-order valence-electron chi connectivity index (χ3n) is 2.23. The van der Waals surface area contributed by atoms with E-state index < -0.39 is 0 Å². The lowest BCUT2D eigenvalue weighted by Crippen LogP contribution is -2.16. The highest BCUT2D eigenvalue weighted by Crippen LogP contribution is 2.04. The number of hydrogen-bond donors (Lipinski definition) is 2. The zero-order chi connectivity index (χ0) is 14.3. The Kier molecular flexibility index (Phi) is 4.89.